The van der Waals surface area contributed by atoms with E-state index < -0.39 is 10.0 Å². The fourth-order valence-electron chi connectivity index (χ4n) is 4.46. The summed E-state index contributed by atoms with van der Waals surface area (Å²) in [5.74, 6) is 0.447. The van der Waals surface area contributed by atoms with E-state index in [1.165, 1.54) is 7.11 Å². The zero-order valence-electron chi connectivity index (χ0n) is 17.2. The zero-order valence-corrected chi connectivity index (χ0v) is 18.1. The van der Waals surface area contributed by atoms with E-state index in [1.54, 1.807) is 28.6 Å². The summed E-state index contributed by atoms with van der Waals surface area (Å²) in [5.41, 5.74) is 1.82. The average Bonchev–Trinajstić information content (AvgIpc) is 3.02. The molecule has 2 aromatic rings. The molecule has 0 spiro atoms. The topological polar surface area (TPSA) is 79.0 Å². The first kappa shape index (κ1) is 20.8. The van der Waals surface area contributed by atoms with Gasteiger partial charge in [-0.2, -0.15) is 4.31 Å². The standard InChI is InChI=1S/C22H27N3O4S/c1-16-6-3-4-9-21(16)23-22(26)15-24-13-17-10-11-18(14-24)25(17)30(27,28)20-8-5-7-19(12-20)29-2/h3-9,12,17-18H,10-11,13-15H2,1-2H3,(H,23,26). The predicted molar refractivity (Wildman–Crippen MR) is 115 cm³/mol. The molecule has 0 radical (unpaired) electrons. The van der Waals surface area contributed by atoms with Crippen LogP contribution in [0.3, 0.4) is 0 Å². The normalized spacial score (nSPS) is 22.1. The minimum Gasteiger partial charge on any atom is -0.497 e. The van der Waals surface area contributed by atoms with Crippen molar-refractivity contribution in [3.05, 3.63) is 54.1 Å². The van der Waals surface area contributed by atoms with Crippen LogP contribution in [0.5, 0.6) is 5.75 Å². The van der Waals surface area contributed by atoms with E-state index >= 15 is 0 Å². The van der Waals surface area contributed by atoms with Gasteiger partial charge in [0.25, 0.3) is 0 Å². The lowest BCUT2D eigenvalue weighted by atomic mass is 10.2. The van der Waals surface area contributed by atoms with E-state index in [-0.39, 0.29) is 29.4 Å². The van der Waals surface area contributed by atoms with Crippen molar-refractivity contribution in [2.45, 2.75) is 36.7 Å². The van der Waals surface area contributed by atoms with E-state index in [4.69, 9.17) is 4.74 Å². The molecule has 2 aliphatic heterocycles. The Balaban J connectivity index is 1.44. The molecule has 0 aromatic heterocycles. The number of likely N-dealkylation sites (tertiary alicyclic amines) is 1. The lowest BCUT2D eigenvalue weighted by Crippen LogP contribution is -2.56. The molecular formula is C22H27N3O4S. The number of rotatable bonds is 6. The fraction of sp³-hybridized carbons (Fsp3) is 0.409. The van der Waals surface area contributed by atoms with Gasteiger partial charge < -0.3 is 10.1 Å². The van der Waals surface area contributed by atoms with Crippen molar-refractivity contribution in [1.29, 1.82) is 0 Å². The van der Waals surface area contributed by atoms with Gasteiger partial charge in [-0.1, -0.05) is 24.3 Å². The lowest BCUT2D eigenvalue weighted by molar-refractivity contribution is -0.117. The van der Waals surface area contributed by atoms with Gasteiger partial charge in [-0.15, -0.1) is 0 Å². The first-order valence-corrected chi connectivity index (χ1v) is 11.6. The second-order valence-corrected chi connectivity index (χ2v) is 9.80. The van der Waals surface area contributed by atoms with Gasteiger partial charge in [0.2, 0.25) is 15.9 Å². The first-order valence-electron chi connectivity index (χ1n) is 10.1. The molecule has 160 valence electrons. The summed E-state index contributed by atoms with van der Waals surface area (Å²) in [4.78, 5) is 14.9. The number of piperazine rings is 1. The number of fused-ring (bicyclic) bond motifs is 2. The smallest absolute Gasteiger partial charge is 0.243 e. The average molecular weight is 430 g/mol. The quantitative estimate of drug-likeness (QED) is 0.763. The number of nitrogens with one attached hydrogen (secondary N) is 1. The van der Waals surface area contributed by atoms with Gasteiger partial charge in [0.1, 0.15) is 5.75 Å². The second kappa shape index (κ2) is 8.37. The molecule has 1 amide bonds. The molecule has 2 aliphatic rings. The van der Waals surface area contributed by atoms with Crippen LogP contribution in [0.2, 0.25) is 0 Å². The van der Waals surface area contributed by atoms with Crippen LogP contribution in [-0.4, -0.2) is 62.4 Å². The zero-order chi connectivity index (χ0) is 21.3. The number of anilines is 1. The van der Waals surface area contributed by atoms with Gasteiger partial charge in [0.05, 0.1) is 18.6 Å². The second-order valence-electron chi connectivity index (χ2n) is 7.96. The molecule has 2 heterocycles. The van der Waals surface area contributed by atoms with E-state index in [9.17, 15) is 13.2 Å². The van der Waals surface area contributed by atoms with E-state index in [2.05, 4.69) is 10.2 Å². The maximum atomic E-state index is 13.3. The van der Waals surface area contributed by atoms with Gasteiger partial charge in [0, 0.05) is 36.9 Å². The highest BCUT2D eigenvalue weighted by atomic mass is 32.2. The van der Waals surface area contributed by atoms with Gasteiger partial charge in [-0.25, -0.2) is 8.42 Å². The number of para-hydroxylation sites is 1. The number of hydrogen-bond donors (Lipinski definition) is 1. The summed E-state index contributed by atoms with van der Waals surface area (Å²) in [6.07, 6.45) is 1.62. The monoisotopic (exact) mass is 429 g/mol. The van der Waals surface area contributed by atoms with Crippen LogP contribution in [0.1, 0.15) is 18.4 Å². The number of nitrogens with zero attached hydrogens (tertiary/aromatic N) is 2. The molecule has 8 heteroatoms. The minimum atomic E-state index is -3.61. The highest BCUT2D eigenvalue weighted by molar-refractivity contribution is 7.89. The molecular weight excluding hydrogens is 402 g/mol. The molecule has 30 heavy (non-hydrogen) atoms. The molecule has 2 saturated heterocycles. The van der Waals surface area contributed by atoms with Crippen molar-refractivity contribution in [3.63, 3.8) is 0 Å². The molecule has 7 nitrogen and oxygen atoms in total. The molecule has 1 N–H and O–H groups in total. The molecule has 0 aliphatic carbocycles. The van der Waals surface area contributed by atoms with E-state index in [0.717, 1.165) is 24.1 Å². The molecule has 4 rings (SSSR count). The molecule has 2 unspecified atom stereocenters. The van der Waals surface area contributed by atoms with Crippen LogP contribution in [0.15, 0.2) is 53.4 Å². The number of hydrogen-bond acceptors (Lipinski definition) is 5. The number of benzene rings is 2. The number of carbonyl (C=O) groups excluding carboxylic acids is 1. The van der Waals surface area contributed by atoms with Crippen molar-refractivity contribution in [2.75, 3.05) is 32.1 Å². The Morgan fingerprint density at radius 1 is 1.10 bits per heavy atom. The van der Waals surface area contributed by atoms with E-state index in [0.29, 0.717) is 18.8 Å². The summed E-state index contributed by atoms with van der Waals surface area (Å²) < 4.78 is 33.4. The largest absolute Gasteiger partial charge is 0.497 e. The third-order valence-electron chi connectivity index (χ3n) is 5.89. The van der Waals surface area contributed by atoms with Crippen LogP contribution in [0.4, 0.5) is 5.69 Å². The van der Waals surface area contributed by atoms with E-state index in [1.807, 2.05) is 31.2 Å². The molecule has 2 aromatic carbocycles. The highest BCUT2D eigenvalue weighted by Gasteiger charge is 2.46. The maximum absolute atomic E-state index is 13.3. The predicted octanol–water partition coefficient (Wildman–Crippen LogP) is 2.48. The third-order valence-corrected chi connectivity index (χ3v) is 7.89. The first-order chi connectivity index (χ1) is 14.4. The Bertz CT molecular complexity index is 1030. The van der Waals surface area contributed by atoms with Gasteiger partial charge in [0.15, 0.2) is 0 Å². The number of ether oxygens (including phenoxy) is 1. The van der Waals surface area contributed by atoms with Crippen molar-refractivity contribution in [3.8, 4) is 5.75 Å². The number of sulfonamides is 1. The summed E-state index contributed by atoms with van der Waals surface area (Å²) in [6, 6.07) is 14.0. The van der Waals surface area contributed by atoms with Crippen LogP contribution in [0, 0.1) is 6.92 Å². The molecule has 2 fully saturated rings. The van der Waals surface area contributed by atoms with Crippen molar-refractivity contribution in [1.82, 2.24) is 9.21 Å². The summed E-state index contributed by atoms with van der Waals surface area (Å²) >= 11 is 0. The van der Waals surface area contributed by atoms with Crippen molar-refractivity contribution >= 4 is 21.6 Å². The van der Waals surface area contributed by atoms with Crippen LogP contribution < -0.4 is 10.1 Å². The van der Waals surface area contributed by atoms with Crippen LogP contribution in [0.25, 0.3) is 0 Å². The molecule has 2 bridgehead atoms. The van der Waals surface area contributed by atoms with Gasteiger partial charge in [-0.05, 0) is 43.5 Å². The van der Waals surface area contributed by atoms with Gasteiger partial charge in [-0.3, -0.25) is 9.69 Å². The van der Waals surface area contributed by atoms with Gasteiger partial charge >= 0.3 is 0 Å². The Morgan fingerprint density at radius 2 is 1.80 bits per heavy atom. The van der Waals surface area contributed by atoms with Crippen LogP contribution >= 0.6 is 0 Å². The summed E-state index contributed by atoms with van der Waals surface area (Å²) in [5, 5.41) is 2.96. The molecule has 2 atom stereocenters. The highest BCUT2D eigenvalue weighted by Crippen LogP contribution is 2.36. The van der Waals surface area contributed by atoms with Crippen LogP contribution in [-0.2, 0) is 14.8 Å². The summed E-state index contributed by atoms with van der Waals surface area (Å²) in [7, 11) is -2.09. The minimum absolute atomic E-state index is 0.0761. The number of methoxy groups -OCH3 is 1. The maximum Gasteiger partial charge on any atom is 0.243 e. The number of carbonyl (C=O) groups is 1. The lowest BCUT2D eigenvalue weighted by Gasteiger charge is -2.39. The Kier molecular flexibility index (Phi) is 5.81. The van der Waals surface area contributed by atoms with Crippen molar-refractivity contribution < 1.29 is 17.9 Å². The van der Waals surface area contributed by atoms with Crippen molar-refractivity contribution in [2.24, 2.45) is 0 Å². The Labute approximate surface area is 177 Å². The Morgan fingerprint density at radius 3 is 2.47 bits per heavy atom. The Hall–Kier alpha value is -2.42. The third kappa shape index (κ3) is 4.08. The SMILES string of the molecule is COc1cccc(S(=O)(=O)N2C3CCC2CN(CC(=O)Nc2ccccc2C)C3)c1. The fourth-order valence-corrected chi connectivity index (χ4v) is 6.35. The molecule has 0 saturated carbocycles. The number of amides is 1. The number of aryl methyl sites for hydroxylation is 1. The summed E-state index contributed by atoms with van der Waals surface area (Å²) in [6.45, 7) is 3.33.